The van der Waals surface area contributed by atoms with Crippen molar-refractivity contribution in [1.29, 1.82) is 0 Å². The van der Waals surface area contributed by atoms with Gasteiger partial charge in [-0.15, -0.1) is 0 Å². The van der Waals surface area contributed by atoms with Crippen molar-refractivity contribution in [3.63, 3.8) is 0 Å². The molecule has 1 aliphatic rings. The van der Waals surface area contributed by atoms with Crippen LogP contribution in [0.3, 0.4) is 0 Å². The molecule has 0 amide bonds. The summed E-state index contributed by atoms with van der Waals surface area (Å²) in [5.74, 6) is 0. The Morgan fingerprint density at radius 1 is 1.04 bits per heavy atom. The minimum absolute atomic E-state index is 0.431. The molecular formula is C21H28N2. The zero-order valence-corrected chi connectivity index (χ0v) is 14.3. The van der Waals surface area contributed by atoms with E-state index in [0.29, 0.717) is 12.1 Å². The fourth-order valence-corrected chi connectivity index (χ4v) is 3.49. The molecule has 0 bridgehead atoms. The first kappa shape index (κ1) is 16.2. The zero-order valence-electron chi connectivity index (χ0n) is 14.3. The number of likely N-dealkylation sites (tertiary alicyclic amines) is 1. The lowest BCUT2D eigenvalue weighted by Crippen LogP contribution is -2.42. The quantitative estimate of drug-likeness (QED) is 0.885. The molecule has 0 spiro atoms. The van der Waals surface area contributed by atoms with Crippen LogP contribution in [0.25, 0.3) is 0 Å². The van der Waals surface area contributed by atoms with Gasteiger partial charge in [-0.25, -0.2) is 0 Å². The number of piperidine rings is 1. The van der Waals surface area contributed by atoms with Crippen LogP contribution in [-0.2, 0) is 6.54 Å². The standard InChI is InChI=1S/C21H28N2/c1-17-7-6-10-20(15-17)18(2)22-21-11-13-23(14-12-21)16-19-8-4-3-5-9-19/h3-10,15,18,21-22H,11-14,16H2,1-2H3. The molecule has 0 aliphatic carbocycles. The van der Waals surface area contributed by atoms with E-state index in [2.05, 4.69) is 78.7 Å². The lowest BCUT2D eigenvalue weighted by atomic mass is 10.0. The summed E-state index contributed by atoms with van der Waals surface area (Å²) in [6.45, 7) is 7.91. The van der Waals surface area contributed by atoms with Gasteiger partial charge in [0.15, 0.2) is 0 Å². The predicted octanol–water partition coefficient (Wildman–Crippen LogP) is 4.31. The van der Waals surface area contributed by atoms with E-state index in [4.69, 9.17) is 0 Å². The SMILES string of the molecule is Cc1cccc(C(C)NC2CCN(Cc3ccccc3)CC2)c1. The summed E-state index contributed by atoms with van der Waals surface area (Å²) in [5.41, 5.74) is 4.16. The lowest BCUT2D eigenvalue weighted by molar-refractivity contribution is 0.185. The molecule has 1 atom stereocenters. The molecule has 2 nitrogen and oxygen atoms in total. The first-order chi connectivity index (χ1) is 11.2. The fraction of sp³-hybridized carbons (Fsp3) is 0.429. The normalized spacial score (nSPS) is 18.0. The van der Waals surface area contributed by atoms with E-state index in [1.807, 2.05) is 0 Å². The summed E-state index contributed by atoms with van der Waals surface area (Å²) >= 11 is 0. The summed E-state index contributed by atoms with van der Waals surface area (Å²) in [7, 11) is 0. The van der Waals surface area contributed by atoms with E-state index in [9.17, 15) is 0 Å². The Morgan fingerprint density at radius 2 is 1.78 bits per heavy atom. The van der Waals surface area contributed by atoms with Gasteiger partial charge in [0.25, 0.3) is 0 Å². The molecule has 0 aromatic heterocycles. The predicted molar refractivity (Wildman–Crippen MR) is 97.5 cm³/mol. The average molecular weight is 308 g/mol. The fourth-order valence-electron chi connectivity index (χ4n) is 3.49. The second-order valence-electron chi connectivity index (χ2n) is 6.84. The summed E-state index contributed by atoms with van der Waals surface area (Å²) in [4.78, 5) is 2.57. The van der Waals surface area contributed by atoms with Gasteiger partial charge in [0.05, 0.1) is 0 Å². The van der Waals surface area contributed by atoms with Crippen LogP contribution >= 0.6 is 0 Å². The average Bonchev–Trinajstić information content (AvgIpc) is 2.57. The topological polar surface area (TPSA) is 15.3 Å². The van der Waals surface area contributed by atoms with Crippen LogP contribution in [0, 0.1) is 6.92 Å². The van der Waals surface area contributed by atoms with Gasteiger partial charge in [0, 0.05) is 18.6 Å². The summed E-state index contributed by atoms with van der Waals surface area (Å²) in [6, 6.07) is 20.7. The van der Waals surface area contributed by atoms with Gasteiger partial charge in [0.2, 0.25) is 0 Å². The molecule has 1 aliphatic heterocycles. The number of nitrogens with one attached hydrogen (secondary N) is 1. The smallest absolute Gasteiger partial charge is 0.0294 e. The molecule has 3 rings (SSSR count). The van der Waals surface area contributed by atoms with E-state index in [-0.39, 0.29) is 0 Å². The van der Waals surface area contributed by atoms with Crippen LogP contribution in [0.2, 0.25) is 0 Å². The molecule has 0 radical (unpaired) electrons. The molecule has 122 valence electrons. The Bertz CT molecular complexity index is 600. The highest BCUT2D eigenvalue weighted by Gasteiger charge is 2.20. The second-order valence-corrected chi connectivity index (χ2v) is 6.84. The Hall–Kier alpha value is -1.64. The first-order valence-electron chi connectivity index (χ1n) is 8.79. The van der Waals surface area contributed by atoms with Gasteiger partial charge in [0.1, 0.15) is 0 Å². The van der Waals surface area contributed by atoms with Crippen LogP contribution in [0.5, 0.6) is 0 Å². The summed E-state index contributed by atoms with van der Waals surface area (Å²) in [5, 5.41) is 3.82. The van der Waals surface area contributed by atoms with Crippen LogP contribution in [0.15, 0.2) is 54.6 Å². The highest BCUT2D eigenvalue weighted by Crippen LogP contribution is 2.19. The third-order valence-corrected chi connectivity index (χ3v) is 4.86. The Balaban J connectivity index is 1.47. The molecule has 23 heavy (non-hydrogen) atoms. The van der Waals surface area contributed by atoms with Crippen molar-refractivity contribution in [1.82, 2.24) is 10.2 Å². The van der Waals surface area contributed by atoms with Crippen molar-refractivity contribution in [2.75, 3.05) is 13.1 Å². The van der Waals surface area contributed by atoms with E-state index in [1.54, 1.807) is 0 Å². The van der Waals surface area contributed by atoms with Crippen molar-refractivity contribution in [3.8, 4) is 0 Å². The van der Waals surface area contributed by atoms with Gasteiger partial charge in [-0.2, -0.15) is 0 Å². The monoisotopic (exact) mass is 308 g/mol. The maximum absolute atomic E-state index is 3.82. The number of rotatable bonds is 5. The minimum atomic E-state index is 0.431. The third kappa shape index (κ3) is 4.66. The second kappa shape index (κ2) is 7.76. The number of aryl methyl sites for hydroxylation is 1. The van der Waals surface area contributed by atoms with E-state index >= 15 is 0 Å². The molecule has 0 saturated carbocycles. The van der Waals surface area contributed by atoms with E-state index in [0.717, 1.165) is 6.54 Å². The number of nitrogens with zero attached hydrogens (tertiary/aromatic N) is 1. The third-order valence-electron chi connectivity index (χ3n) is 4.86. The van der Waals surface area contributed by atoms with Gasteiger partial charge in [-0.1, -0.05) is 60.2 Å². The van der Waals surface area contributed by atoms with Crippen molar-refractivity contribution in [2.45, 2.75) is 45.3 Å². The van der Waals surface area contributed by atoms with Crippen LogP contribution in [0.1, 0.15) is 42.5 Å². The number of hydrogen-bond donors (Lipinski definition) is 1. The Morgan fingerprint density at radius 3 is 2.48 bits per heavy atom. The summed E-state index contributed by atoms with van der Waals surface area (Å²) in [6.07, 6.45) is 2.48. The molecule has 1 saturated heterocycles. The molecule has 2 heteroatoms. The van der Waals surface area contributed by atoms with Gasteiger partial charge in [-0.05, 0) is 50.9 Å². The van der Waals surface area contributed by atoms with Crippen LogP contribution in [-0.4, -0.2) is 24.0 Å². The maximum atomic E-state index is 3.82. The summed E-state index contributed by atoms with van der Waals surface area (Å²) < 4.78 is 0. The van der Waals surface area contributed by atoms with Crippen molar-refractivity contribution in [3.05, 3.63) is 71.3 Å². The van der Waals surface area contributed by atoms with Crippen molar-refractivity contribution in [2.24, 2.45) is 0 Å². The molecule has 2 aromatic rings. The number of benzene rings is 2. The van der Waals surface area contributed by atoms with E-state index in [1.165, 1.54) is 42.6 Å². The lowest BCUT2D eigenvalue weighted by Gasteiger charge is -2.34. The molecule has 1 fully saturated rings. The van der Waals surface area contributed by atoms with Gasteiger partial charge in [-0.3, -0.25) is 4.90 Å². The number of hydrogen-bond acceptors (Lipinski definition) is 2. The molecule has 1 N–H and O–H groups in total. The van der Waals surface area contributed by atoms with Crippen molar-refractivity contribution >= 4 is 0 Å². The minimum Gasteiger partial charge on any atom is -0.307 e. The van der Waals surface area contributed by atoms with Crippen LogP contribution < -0.4 is 5.32 Å². The largest absolute Gasteiger partial charge is 0.307 e. The zero-order chi connectivity index (χ0) is 16.1. The maximum Gasteiger partial charge on any atom is 0.0294 e. The molecule has 1 unspecified atom stereocenters. The molecular weight excluding hydrogens is 280 g/mol. The van der Waals surface area contributed by atoms with Gasteiger partial charge < -0.3 is 5.32 Å². The Kier molecular flexibility index (Phi) is 5.47. The van der Waals surface area contributed by atoms with E-state index < -0.39 is 0 Å². The molecule has 2 aromatic carbocycles. The van der Waals surface area contributed by atoms with Crippen LogP contribution in [0.4, 0.5) is 0 Å². The highest BCUT2D eigenvalue weighted by molar-refractivity contribution is 5.24. The van der Waals surface area contributed by atoms with Crippen molar-refractivity contribution < 1.29 is 0 Å². The Labute approximate surface area is 140 Å². The van der Waals surface area contributed by atoms with Gasteiger partial charge >= 0.3 is 0 Å². The molecule has 1 heterocycles. The highest BCUT2D eigenvalue weighted by atomic mass is 15.1. The first-order valence-corrected chi connectivity index (χ1v) is 8.79.